The number of hydrogen-bond acceptors (Lipinski definition) is 4. The first-order valence-electron chi connectivity index (χ1n) is 10.1. The minimum atomic E-state index is -0.206. The molecule has 0 radical (unpaired) electrons. The van der Waals surface area contributed by atoms with Crippen molar-refractivity contribution in [3.8, 4) is 11.4 Å². The van der Waals surface area contributed by atoms with Gasteiger partial charge >= 0.3 is 6.03 Å². The molecule has 0 fully saturated rings. The van der Waals surface area contributed by atoms with Crippen molar-refractivity contribution in [3.63, 3.8) is 0 Å². The van der Waals surface area contributed by atoms with Gasteiger partial charge in [-0.15, -0.1) is 0 Å². The standard InChI is InChI=1S/C23H24N6O/c1-2-17-6-8-19(9-7-17)27-23(30)26-13-4-16-29-21(18-10-14-24-15-11-18)28-20-5-3-12-25-22(20)29/h3,5-12,14-15H,2,4,13,16H2,1H3,(H2,26,27,30). The van der Waals surface area contributed by atoms with Crippen molar-refractivity contribution in [2.45, 2.75) is 26.3 Å². The summed E-state index contributed by atoms with van der Waals surface area (Å²) < 4.78 is 2.09. The minimum absolute atomic E-state index is 0.206. The number of nitrogens with zero attached hydrogens (tertiary/aromatic N) is 4. The van der Waals surface area contributed by atoms with E-state index in [1.54, 1.807) is 18.6 Å². The Labute approximate surface area is 175 Å². The van der Waals surface area contributed by atoms with E-state index in [0.717, 1.165) is 41.1 Å². The highest BCUT2D eigenvalue weighted by molar-refractivity contribution is 5.89. The molecule has 0 aliphatic rings. The largest absolute Gasteiger partial charge is 0.338 e. The van der Waals surface area contributed by atoms with E-state index >= 15 is 0 Å². The van der Waals surface area contributed by atoms with E-state index in [0.29, 0.717) is 13.1 Å². The molecule has 2 amide bonds. The summed E-state index contributed by atoms with van der Waals surface area (Å²) in [6, 6.07) is 15.4. The lowest BCUT2D eigenvalue weighted by atomic mass is 10.1. The van der Waals surface area contributed by atoms with Crippen LogP contribution < -0.4 is 10.6 Å². The van der Waals surface area contributed by atoms with Crippen molar-refractivity contribution < 1.29 is 4.79 Å². The number of nitrogens with one attached hydrogen (secondary N) is 2. The van der Waals surface area contributed by atoms with Crippen LogP contribution in [0.25, 0.3) is 22.6 Å². The summed E-state index contributed by atoms with van der Waals surface area (Å²) in [4.78, 5) is 25.5. The second-order valence-corrected chi connectivity index (χ2v) is 6.95. The Morgan fingerprint density at radius 1 is 1.03 bits per heavy atom. The maximum absolute atomic E-state index is 12.2. The molecule has 152 valence electrons. The van der Waals surface area contributed by atoms with Crippen LogP contribution in [0.3, 0.4) is 0 Å². The summed E-state index contributed by atoms with van der Waals surface area (Å²) in [5.74, 6) is 0.853. The minimum Gasteiger partial charge on any atom is -0.338 e. The zero-order chi connectivity index (χ0) is 20.8. The Hall–Kier alpha value is -3.74. The zero-order valence-electron chi connectivity index (χ0n) is 16.9. The molecule has 0 atom stereocenters. The number of carbonyl (C=O) groups is 1. The fourth-order valence-corrected chi connectivity index (χ4v) is 3.33. The predicted molar refractivity (Wildman–Crippen MR) is 118 cm³/mol. The highest BCUT2D eigenvalue weighted by Gasteiger charge is 2.13. The molecule has 7 nitrogen and oxygen atoms in total. The third kappa shape index (κ3) is 4.46. The van der Waals surface area contributed by atoms with Crippen LogP contribution in [0.1, 0.15) is 18.9 Å². The molecule has 0 spiro atoms. The van der Waals surface area contributed by atoms with Crippen LogP contribution >= 0.6 is 0 Å². The van der Waals surface area contributed by atoms with Gasteiger partial charge in [0.05, 0.1) is 0 Å². The molecule has 0 aliphatic heterocycles. The van der Waals surface area contributed by atoms with E-state index in [-0.39, 0.29) is 6.03 Å². The van der Waals surface area contributed by atoms with Gasteiger partial charge in [0.25, 0.3) is 0 Å². The Balaban J connectivity index is 1.38. The van der Waals surface area contributed by atoms with Gasteiger partial charge in [0.15, 0.2) is 5.65 Å². The maximum Gasteiger partial charge on any atom is 0.319 e. The van der Waals surface area contributed by atoms with Gasteiger partial charge in [-0.05, 0) is 54.8 Å². The van der Waals surface area contributed by atoms with Crippen molar-refractivity contribution >= 4 is 22.9 Å². The molecular formula is C23H24N6O. The van der Waals surface area contributed by atoms with Crippen LogP contribution in [0.15, 0.2) is 67.1 Å². The maximum atomic E-state index is 12.2. The van der Waals surface area contributed by atoms with Crippen LogP contribution in [0, 0.1) is 0 Å². The number of anilines is 1. The van der Waals surface area contributed by atoms with Crippen LogP contribution in [0.2, 0.25) is 0 Å². The normalized spacial score (nSPS) is 10.8. The average Bonchev–Trinajstić information content (AvgIpc) is 3.16. The van der Waals surface area contributed by atoms with Crippen molar-refractivity contribution in [3.05, 3.63) is 72.7 Å². The molecule has 0 saturated carbocycles. The van der Waals surface area contributed by atoms with Crippen molar-refractivity contribution in [1.29, 1.82) is 0 Å². The summed E-state index contributed by atoms with van der Waals surface area (Å²) in [5.41, 5.74) is 4.71. The number of pyridine rings is 2. The lowest BCUT2D eigenvalue weighted by molar-refractivity contribution is 0.252. The zero-order valence-corrected chi connectivity index (χ0v) is 16.9. The SMILES string of the molecule is CCc1ccc(NC(=O)NCCCn2c(-c3ccncc3)nc3cccnc32)cc1. The Morgan fingerprint density at radius 2 is 1.83 bits per heavy atom. The van der Waals surface area contributed by atoms with Crippen molar-refractivity contribution in [2.75, 3.05) is 11.9 Å². The summed E-state index contributed by atoms with van der Waals surface area (Å²) in [6.07, 6.45) is 7.01. The molecule has 7 heteroatoms. The summed E-state index contributed by atoms with van der Waals surface area (Å²) in [7, 11) is 0. The summed E-state index contributed by atoms with van der Waals surface area (Å²) >= 11 is 0. The van der Waals surface area contributed by atoms with Gasteiger partial charge in [-0.3, -0.25) is 4.98 Å². The highest BCUT2D eigenvalue weighted by Crippen LogP contribution is 2.23. The number of carbonyl (C=O) groups excluding carboxylic acids is 1. The number of fused-ring (bicyclic) bond motifs is 1. The Morgan fingerprint density at radius 3 is 2.60 bits per heavy atom. The number of urea groups is 1. The molecule has 2 N–H and O–H groups in total. The van der Waals surface area contributed by atoms with Crippen LogP contribution in [-0.2, 0) is 13.0 Å². The quantitative estimate of drug-likeness (QED) is 0.454. The van der Waals surface area contributed by atoms with E-state index in [1.807, 2.05) is 48.5 Å². The van der Waals surface area contributed by atoms with E-state index in [4.69, 9.17) is 4.98 Å². The van der Waals surface area contributed by atoms with Gasteiger partial charge in [-0.1, -0.05) is 19.1 Å². The molecule has 30 heavy (non-hydrogen) atoms. The molecule has 3 heterocycles. The average molecular weight is 400 g/mol. The summed E-state index contributed by atoms with van der Waals surface area (Å²) in [6.45, 7) is 3.34. The monoisotopic (exact) mass is 400 g/mol. The first kappa shape index (κ1) is 19.6. The molecule has 1 aromatic carbocycles. The third-order valence-corrected chi connectivity index (χ3v) is 4.91. The van der Waals surface area contributed by atoms with Gasteiger partial charge < -0.3 is 15.2 Å². The molecule has 0 bridgehead atoms. The van der Waals surface area contributed by atoms with E-state index in [2.05, 4.69) is 32.1 Å². The fourth-order valence-electron chi connectivity index (χ4n) is 3.33. The number of benzene rings is 1. The molecule has 3 aromatic heterocycles. The smallest absolute Gasteiger partial charge is 0.319 e. The van der Waals surface area contributed by atoms with Gasteiger partial charge in [-0.25, -0.2) is 14.8 Å². The van der Waals surface area contributed by atoms with Crippen LogP contribution in [0.4, 0.5) is 10.5 Å². The highest BCUT2D eigenvalue weighted by atomic mass is 16.2. The molecule has 0 saturated heterocycles. The number of aromatic nitrogens is 4. The van der Waals surface area contributed by atoms with E-state index in [9.17, 15) is 4.79 Å². The topological polar surface area (TPSA) is 84.7 Å². The second-order valence-electron chi connectivity index (χ2n) is 6.95. The van der Waals surface area contributed by atoms with Crippen LogP contribution in [0.5, 0.6) is 0 Å². The molecule has 4 rings (SSSR count). The Kier molecular flexibility index (Phi) is 5.98. The van der Waals surface area contributed by atoms with Crippen molar-refractivity contribution in [2.24, 2.45) is 0 Å². The first-order valence-corrected chi connectivity index (χ1v) is 10.1. The molecular weight excluding hydrogens is 376 g/mol. The van der Waals surface area contributed by atoms with E-state index in [1.165, 1.54) is 5.56 Å². The summed E-state index contributed by atoms with van der Waals surface area (Å²) in [5, 5.41) is 5.78. The fraction of sp³-hybridized carbons (Fsp3) is 0.217. The lowest BCUT2D eigenvalue weighted by Gasteiger charge is -2.10. The van der Waals surface area contributed by atoms with Gasteiger partial charge in [0.2, 0.25) is 0 Å². The van der Waals surface area contributed by atoms with E-state index < -0.39 is 0 Å². The number of rotatable bonds is 7. The van der Waals surface area contributed by atoms with Gasteiger partial charge in [0, 0.05) is 42.9 Å². The molecule has 0 aliphatic carbocycles. The number of hydrogen-bond donors (Lipinski definition) is 2. The second kappa shape index (κ2) is 9.17. The number of aryl methyl sites for hydroxylation is 2. The van der Waals surface area contributed by atoms with Gasteiger partial charge in [-0.2, -0.15) is 0 Å². The van der Waals surface area contributed by atoms with Gasteiger partial charge in [0.1, 0.15) is 11.3 Å². The van der Waals surface area contributed by atoms with Crippen molar-refractivity contribution in [1.82, 2.24) is 24.8 Å². The molecule has 4 aromatic rings. The lowest BCUT2D eigenvalue weighted by Crippen LogP contribution is -2.30. The first-order chi connectivity index (χ1) is 14.7. The van der Waals surface area contributed by atoms with Crippen LogP contribution in [-0.4, -0.2) is 32.1 Å². The predicted octanol–water partition coefficient (Wildman–Crippen LogP) is 4.27. The number of imidazole rings is 1. The third-order valence-electron chi connectivity index (χ3n) is 4.91. The number of amides is 2. The molecule has 0 unspecified atom stereocenters. The Bertz CT molecular complexity index is 1120.